The molecule has 0 bridgehead atoms. The van der Waals surface area contributed by atoms with Crippen LogP contribution >= 0.6 is 0 Å². The second kappa shape index (κ2) is 7.22. The second-order valence-electron chi connectivity index (χ2n) is 4.14. The summed E-state index contributed by atoms with van der Waals surface area (Å²) >= 11 is 0. The lowest BCUT2D eigenvalue weighted by Gasteiger charge is -2.08. The number of hydrogen-bond acceptors (Lipinski definition) is 7. The maximum Gasteiger partial charge on any atom is 0.218 e. The van der Waals surface area contributed by atoms with E-state index < -0.39 is 0 Å². The zero-order chi connectivity index (χ0) is 14.2. The Bertz CT molecular complexity index is 548. The Morgan fingerprint density at radius 2 is 1.90 bits per heavy atom. The standard InChI is InChI=1S/C13H18N6O/c1-10-14-7-4-11(19-10)15-5-3-6-16-12-8-13(20-2)18-9-17-12/h4,7-9H,3,5-6H2,1-2H3,(H,14,15,19)(H,16,17,18). The molecule has 0 atom stereocenters. The van der Waals surface area contributed by atoms with Crippen LogP contribution in [-0.2, 0) is 0 Å². The zero-order valence-corrected chi connectivity index (χ0v) is 11.6. The van der Waals surface area contributed by atoms with Gasteiger partial charge in [-0.1, -0.05) is 0 Å². The van der Waals surface area contributed by atoms with Gasteiger partial charge >= 0.3 is 0 Å². The monoisotopic (exact) mass is 274 g/mol. The maximum absolute atomic E-state index is 5.03. The Kier molecular flexibility index (Phi) is 5.05. The van der Waals surface area contributed by atoms with Crippen LogP contribution in [-0.4, -0.2) is 40.1 Å². The molecule has 0 amide bonds. The number of ether oxygens (including phenoxy) is 1. The van der Waals surface area contributed by atoms with Gasteiger partial charge in [0.1, 0.15) is 23.8 Å². The summed E-state index contributed by atoms with van der Waals surface area (Å²) in [5.74, 6) is 2.93. The molecule has 2 aromatic heterocycles. The largest absolute Gasteiger partial charge is 0.481 e. The van der Waals surface area contributed by atoms with Crippen molar-refractivity contribution < 1.29 is 4.74 Å². The average molecular weight is 274 g/mol. The minimum absolute atomic E-state index is 0.553. The molecule has 106 valence electrons. The van der Waals surface area contributed by atoms with E-state index in [2.05, 4.69) is 30.6 Å². The van der Waals surface area contributed by atoms with Crippen molar-refractivity contribution in [2.75, 3.05) is 30.8 Å². The van der Waals surface area contributed by atoms with Crippen LogP contribution in [0.2, 0.25) is 0 Å². The third kappa shape index (κ3) is 4.34. The van der Waals surface area contributed by atoms with Crippen LogP contribution in [0.5, 0.6) is 5.88 Å². The van der Waals surface area contributed by atoms with Crippen LogP contribution in [0.3, 0.4) is 0 Å². The highest BCUT2D eigenvalue weighted by Crippen LogP contribution is 2.09. The minimum atomic E-state index is 0.553. The first-order valence-electron chi connectivity index (χ1n) is 6.41. The van der Waals surface area contributed by atoms with Crippen LogP contribution in [0.1, 0.15) is 12.2 Å². The number of nitrogens with one attached hydrogen (secondary N) is 2. The van der Waals surface area contributed by atoms with Gasteiger partial charge in [0.05, 0.1) is 7.11 Å². The normalized spacial score (nSPS) is 10.1. The molecule has 0 aliphatic rings. The number of aromatic nitrogens is 4. The lowest BCUT2D eigenvalue weighted by Crippen LogP contribution is -2.11. The highest BCUT2D eigenvalue weighted by atomic mass is 16.5. The number of rotatable bonds is 7. The Morgan fingerprint density at radius 1 is 1.10 bits per heavy atom. The van der Waals surface area contributed by atoms with Crippen LogP contribution in [0.25, 0.3) is 0 Å². The SMILES string of the molecule is COc1cc(NCCCNc2ccnc(C)n2)ncn1. The quantitative estimate of drug-likeness (QED) is 0.740. The van der Waals surface area contributed by atoms with E-state index in [0.29, 0.717) is 5.88 Å². The van der Waals surface area contributed by atoms with E-state index >= 15 is 0 Å². The van der Waals surface area contributed by atoms with Crippen molar-refractivity contribution in [2.24, 2.45) is 0 Å². The van der Waals surface area contributed by atoms with Crippen molar-refractivity contribution >= 4 is 11.6 Å². The molecule has 0 aliphatic carbocycles. The van der Waals surface area contributed by atoms with Crippen LogP contribution < -0.4 is 15.4 Å². The molecule has 0 aliphatic heterocycles. The summed E-state index contributed by atoms with van der Waals surface area (Å²) < 4.78 is 5.03. The molecule has 7 nitrogen and oxygen atoms in total. The van der Waals surface area contributed by atoms with E-state index in [9.17, 15) is 0 Å². The van der Waals surface area contributed by atoms with Gasteiger partial charge in [-0.15, -0.1) is 0 Å². The number of anilines is 2. The number of methoxy groups -OCH3 is 1. The van der Waals surface area contributed by atoms with E-state index in [0.717, 1.165) is 37.0 Å². The molecule has 2 aromatic rings. The highest BCUT2D eigenvalue weighted by molar-refractivity contribution is 5.37. The molecule has 7 heteroatoms. The molecule has 0 spiro atoms. The van der Waals surface area contributed by atoms with Crippen LogP contribution in [0, 0.1) is 6.92 Å². The van der Waals surface area contributed by atoms with E-state index in [-0.39, 0.29) is 0 Å². The lowest BCUT2D eigenvalue weighted by atomic mass is 10.4. The van der Waals surface area contributed by atoms with Crippen molar-refractivity contribution in [3.05, 3.63) is 30.5 Å². The molecule has 20 heavy (non-hydrogen) atoms. The fourth-order valence-corrected chi connectivity index (χ4v) is 1.62. The lowest BCUT2D eigenvalue weighted by molar-refractivity contribution is 0.397. The molecule has 2 rings (SSSR count). The predicted molar refractivity (Wildman–Crippen MR) is 76.9 cm³/mol. The summed E-state index contributed by atoms with van der Waals surface area (Å²) in [6, 6.07) is 3.62. The van der Waals surface area contributed by atoms with Crippen molar-refractivity contribution in [2.45, 2.75) is 13.3 Å². The number of nitrogens with zero attached hydrogens (tertiary/aromatic N) is 4. The Hall–Kier alpha value is -2.44. The van der Waals surface area contributed by atoms with Crippen molar-refractivity contribution in [3.63, 3.8) is 0 Å². The van der Waals surface area contributed by atoms with Gasteiger partial charge in [0.25, 0.3) is 0 Å². The molecule has 0 aromatic carbocycles. The molecule has 0 saturated carbocycles. The number of aryl methyl sites for hydroxylation is 1. The fourth-order valence-electron chi connectivity index (χ4n) is 1.62. The third-order valence-corrected chi connectivity index (χ3v) is 2.59. The van der Waals surface area contributed by atoms with Crippen molar-refractivity contribution in [1.82, 2.24) is 19.9 Å². The van der Waals surface area contributed by atoms with Crippen LogP contribution in [0.4, 0.5) is 11.6 Å². The average Bonchev–Trinajstić information content (AvgIpc) is 2.47. The Labute approximate surface area is 117 Å². The summed E-state index contributed by atoms with van der Waals surface area (Å²) in [6.45, 7) is 3.50. The predicted octanol–water partition coefficient (Wildman–Crippen LogP) is 1.50. The Balaban J connectivity index is 1.68. The zero-order valence-electron chi connectivity index (χ0n) is 11.6. The molecule has 2 N–H and O–H groups in total. The molecular formula is C13H18N6O. The molecule has 2 heterocycles. The van der Waals surface area contributed by atoms with Crippen LogP contribution in [0.15, 0.2) is 24.7 Å². The van der Waals surface area contributed by atoms with Gasteiger partial charge in [0.2, 0.25) is 5.88 Å². The van der Waals surface area contributed by atoms with Crippen molar-refractivity contribution in [3.8, 4) is 5.88 Å². The first kappa shape index (κ1) is 14.0. The number of hydrogen-bond donors (Lipinski definition) is 2. The van der Waals surface area contributed by atoms with Gasteiger partial charge in [-0.05, 0) is 19.4 Å². The Morgan fingerprint density at radius 3 is 2.65 bits per heavy atom. The van der Waals surface area contributed by atoms with E-state index in [4.69, 9.17) is 4.74 Å². The van der Waals surface area contributed by atoms with Gasteiger partial charge in [-0.25, -0.2) is 19.9 Å². The first-order chi connectivity index (χ1) is 9.78. The fraction of sp³-hybridized carbons (Fsp3) is 0.385. The van der Waals surface area contributed by atoms with Gasteiger partial charge in [-0.3, -0.25) is 0 Å². The van der Waals surface area contributed by atoms with E-state index in [1.54, 1.807) is 19.4 Å². The van der Waals surface area contributed by atoms with Gasteiger partial charge in [-0.2, -0.15) is 0 Å². The topological polar surface area (TPSA) is 84.9 Å². The summed E-state index contributed by atoms with van der Waals surface area (Å²) in [5, 5.41) is 6.46. The van der Waals surface area contributed by atoms with Gasteiger partial charge in [0.15, 0.2) is 0 Å². The maximum atomic E-state index is 5.03. The van der Waals surface area contributed by atoms with Gasteiger partial charge < -0.3 is 15.4 Å². The first-order valence-corrected chi connectivity index (χ1v) is 6.41. The third-order valence-electron chi connectivity index (χ3n) is 2.59. The summed E-state index contributed by atoms with van der Waals surface area (Å²) in [4.78, 5) is 16.4. The smallest absolute Gasteiger partial charge is 0.218 e. The molecule has 0 saturated heterocycles. The summed E-state index contributed by atoms with van der Waals surface area (Å²) in [6.07, 6.45) is 4.16. The second-order valence-corrected chi connectivity index (χ2v) is 4.14. The van der Waals surface area contributed by atoms with E-state index in [1.807, 2.05) is 13.0 Å². The highest BCUT2D eigenvalue weighted by Gasteiger charge is 1.98. The molecule has 0 fully saturated rings. The van der Waals surface area contributed by atoms with Crippen molar-refractivity contribution in [1.29, 1.82) is 0 Å². The van der Waals surface area contributed by atoms with Gasteiger partial charge in [0, 0.05) is 25.4 Å². The summed E-state index contributed by atoms with van der Waals surface area (Å²) in [5.41, 5.74) is 0. The summed E-state index contributed by atoms with van der Waals surface area (Å²) in [7, 11) is 1.58. The molecular weight excluding hydrogens is 256 g/mol. The molecule has 0 unspecified atom stereocenters. The minimum Gasteiger partial charge on any atom is -0.481 e. The molecule has 0 radical (unpaired) electrons. The van der Waals surface area contributed by atoms with E-state index in [1.165, 1.54) is 6.33 Å².